The molecule has 4 aliphatic rings. The maximum atomic E-state index is 17.3. The molecule has 3 fully saturated rings. The van der Waals surface area contributed by atoms with Crippen LogP contribution < -0.4 is 5.73 Å². The number of allylic oxidation sites excluding steroid dienone is 4. The van der Waals surface area contributed by atoms with Gasteiger partial charge in [-0.2, -0.15) is 0 Å². The monoisotopic (exact) mass is 688 g/mol. The first-order chi connectivity index (χ1) is 23.0. The second kappa shape index (κ2) is 13.3. The number of rotatable bonds is 12. The summed E-state index contributed by atoms with van der Waals surface area (Å²) in [6, 6.07) is 4.72. The predicted molar refractivity (Wildman–Crippen MR) is 167 cm³/mol. The van der Waals surface area contributed by atoms with Gasteiger partial charge in [-0.3, -0.25) is 14.4 Å². The highest BCUT2D eigenvalue weighted by Gasteiger charge is 2.76. The van der Waals surface area contributed by atoms with Crippen LogP contribution in [0.2, 0.25) is 0 Å². The van der Waals surface area contributed by atoms with E-state index in [0.29, 0.717) is 24.8 Å². The number of fused-ring (bicyclic) bond motifs is 5. The van der Waals surface area contributed by atoms with Crippen molar-refractivity contribution in [3.63, 3.8) is 0 Å². The summed E-state index contributed by atoms with van der Waals surface area (Å²) in [5.74, 6) is -4.82. The molecule has 14 nitrogen and oxygen atoms in total. The molecule has 1 aromatic carbocycles. The number of ketones is 2. The lowest BCUT2D eigenvalue weighted by molar-refractivity contribution is -0.757. The molecule has 5 N–H and O–H groups in total. The summed E-state index contributed by atoms with van der Waals surface area (Å²) in [4.78, 5) is 65.2. The number of hydrogen-bond donors (Lipinski definition) is 4. The molecule has 0 spiro atoms. The van der Waals surface area contributed by atoms with Crippen LogP contribution in [0, 0.1) is 32.8 Å². The summed E-state index contributed by atoms with van der Waals surface area (Å²) in [6.45, 7) is 1.50. The van der Waals surface area contributed by atoms with Crippen molar-refractivity contribution in [1.29, 1.82) is 0 Å². The van der Waals surface area contributed by atoms with Crippen molar-refractivity contribution in [1.82, 2.24) is 0 Å². The van der Waals surface area contributed by atoms with E-state index in [-0.39, 0.29) is 37.2 Å². The number of ether oxygens (including phenoxy) is 2. The summed E-state index contributed by atoms with van der Waals surface area (Å²) < 4.78 is 27.5. The van der Waals surface area contributed by atoms with Gasteiger partial charge in [-0.1, -0.05) is 30.7 Å². The van der Waals surface area contributed by atoms with Crippen molar-refractivity contribution in [2.45, 2.75) is 81.9 Å². The Balaban J connectivity index is 1.18. The van der Waals surface area contributed by atoms with Crippen LogP contribution in [0.1, 0.15) is 61.9 Å². The van der Waals surface area contributed by atoms with Gasteiger partial charge in [-0.05, 0) is 81.2 Å². The number of aliphatic hydroxyl groups is 3. The average molecular weight is 689 g/mol. The Kier molecular flexibility index (Phi) is 9.87. The number of aliphatic hydroxyl groups excluding tert-OH is 2. The highest BCUT2D eigenvalue weighted by Crippen LogP contribution is 2.69. The van der Waals surface area contributed by atoms with E-state index in [4.69, 9.17) is 15.2 Å². The van der Waals surface area contributed by atoms with Crippen LogP contribution in [0.4, 0.5) is 4.39 Å². The zero-order valence-corrected chi connectivity index (χ0v) is 27.2. The van der Waals surface area contributed by atoms with Gasteiger partial charge < -0.3 is 35.4 Å². The van der Waals surface area contributed by atoms with E-state index in [2.05, 4.69) is 4.84 Å². The van der Waals surface area contributed by atoms with E-state index < -0.39 is 88.2 Å². The number of carbonyl (C=O) groups excluding carboxylic acids is 4. The first-order valence-corrected chi connectivity index (χ1v) is 16.2. The lowest BCUT2D eigenvalue weighted by Crippen LogP contribution is -2.69. The van der Waals surface area contributed by atoms with Gasteiger partial charge >= 0.3 is 11.9 Å². The lowest BCUT2D eigenvalue weighted by atomic mass is 9.44. The summed E-state index contributed by atoms with van der Waals surface area (Å²) in [5, 5.41) is 43.7. The quantitative estimate of drug-likeness (QED) is 0.106. The third kappa shape index (κ3) is 6.06. The number of carbonyl (C=O) groups is 4. The zero-order valence-electron chi connectivity index (χ0n) is 27.2. The standard InChI is InChI=1S/C34H41FN2O12/c1-31-12-11-22(38)14-21(31)9-10-23-24-15-26(39)34(44,32(24,2)16-27(40)33(23,31)35)28(41)18-48-30(43)25(36)17-47-29(42)20-7-5-19(6-8-20)4-3-13-49-37(45)46/h5-8,11-12,14,23-27,39-40,44H,3-4,9-10,13,15-18,36H2,1-2H3/t23?,24?,25?,26-,27+,31+,32+,33+,34+/m1/s1. The smallest absolute Gasteiger partial charge is 0.338 e. The molecule has 0 bridgehead atoms. The van der Waals surface area contributed by atoms with E-state index >= 15 is 4.39 Å². The fraction of sp³-hybridized carbons (Fsp3) is 0.588. The number of nitrogens with zero attached hydrogens (tertiary/aromatic N) is 1. The molecule has 5 rings (SSSR count). The van der Waals surface area contributed by atoms with Crippen LogP contribution in [0.3, 0.4) is 0 Å². The van der Waals surface area contributed by atoms with E-state index in [1.807, 2.05) is 0 Å². The topological polar surface area (TPSA) is 226 Å². The zero-order chi connectivity index (χ0) is 35.9. The van der Waals surface area contributed by atoms with E-state index in [1.165, 1.54) is 37.3 Å². The highest BCUT2D eigenvalue weighted by atomic mass is 19.1. The molecule has 1 aromatic rings. The van der Waals surface area contributed by atoms with Gasteiger partial charge in [-0.15, -0.1) is 10.1 Å². The Morgan fingerprint density at radius 2 is 1.82 bits per heavy atom. The maximum Gasteiger partial charge on any atom is 0.338 e. The van der Waals surface area contributed by atoms with Gasteiger partial charge in [0, 0.05) is 16.7 Å². The van der Waals surface area contributed by atoms with Crippen molar-refractivity contribution in [3.05, 3.63) is 69.3 Å². The minimum atomic E-state index is -2.49. The van der Waals surface area contributed by atoms with E-state index in [1.54, 1.807) is 19.1 Å². The molecule has 266 valence electrons. The molecule has 4 aliphatic carbocycles. The fourth-order valence-corrected chi connectivity index (χ4v) is 8.62. The molecule has 49 heavy (non-hydrogen) atoms. The Labute approximate surface area is 281 Å². The number of alkyl halides is 1. The molecule has 0 radical (unpaired) electrons. The van der Waals surface area contributed by atoms with Crippen LogP contribution in [0.15, 0.2) is 48.1 Å². The van der Waals surface area contributed by atoms with E-state index in [9.17, 15) is 44.6 Å². The summed E-state index contributed by atoms with van der Waals surface area (Å²) in [5.41, 5.74) is -0.162. The number of hydrogen-bond acceptors (Lipinski definition) is 13. The fourth-order valence-electron chi connectivity index (χ4n) is 8.62. The number of Topliss-reactive ketones (excluding diaryl/α,β-unsaturated/α-hetero) is 1. The molecule has 9 atom stereocenters. The average Bonchev–Trinajstić information content (AvgIpc) is 3.26. The number of benzene rings is 1. The van der Waals surface area contributed by atoms with Gasteiger partial charge in [0.25, 0.3) is 5.09 Å². The first kappa shape index (κ1) is 36.2. The van der Waals surface area contributed by atoms with Crippen molar-refractivity contribution < 1.29 is 58.3 Å². The molecule has 15 heteroatoms. The first-order valence-electron chi connectivity index (χ1n) is 16.2. The summed E-state index contributed by atoms with van der Waals surface area (Å²) >= 11 is 0. The molecule has 3 unspecified atom stereocenters. The molecule has 0 saturated heterocycles. The van der Waals surface area contributed by atoms with Gasteiger partial charge in [0.15, 0.2) is 23.7 Å². The molecular formula is C34H41FN2O12. The third-order valence-electron chi connectivity index (χ3n) is 11.3. The summed E-state index contributed by atoms with van der Waals surface area (Å²) in [7, 11) is 0. The Hall–Kier alpha value is -4.05. The van der Waals surface area contributed by atoms with Gasteiger partial charge in [-0.25, -0.2) is 9.18 Å². The normalized spacial score (nSPS) is 35.2. The Morgan fingerprint density at radius 3 is 2.49 bits per heavy atom. The molecule has 3 saturated carbocycles. The van der Waals surface area contributed by atoms with Crippen LogP contribution in [0.5, 0.6) is 0 Å². The van der Waals surface area contributed by atoms with Crippen molar-refractivity contribution in [2.24, 2.45) is 28.4 Å². The number of aryl methyl sites for hydroxylation is 1. The molecule has 0 amide bonds. The van der Waals surface area contributed by atoms with Crippen molar-refractivity contribution in [2.75, 3.05) is 19.8 Å². The van der Waals surface area contributed by atoms with Crippen LogP contribution >= 0.6 is 0 Å². The number of esters is 2. The van der Waals surface area contributed by atoms with Crippen LogP contribution in [-0.4, -0.2) is 93.3 Å². The van der Waals surface area contributed by atoms with Crippen LogP contribution in [0.25, 0.3) is 0 Å². The largest absolute Gasteiger partial charge is 0.460 e. The lowest BCUT2D eigenvalue weighted by Gasteiger charge is -2.62. The third-order valence-corrected chi connectivity index (χ3v) is 11.3. The molecule has 0 aromatic heterocycles. The predicted octanol–water partition coefficient (Wildman–Crippen LogP) is 1.50. The van der Waals surface area contributed by atoms with Crippen molar-refractivity contribution >= 4 is 23.5 Å². The minimum absolute atomic E-state index is 0.0689. The van der Waals surface area contributed by atoms with Gasteiger partial charge in [0.2, 0.25) is 5.78 Å². The SMILES string of the molecule is C[C@]12C=CC(=O)C=C1CCC1C3C[C@@H](O)[C@](O)(C(=O)COC(=O)C(N)COC(=O)c4ccc(CCCO[N+](=O)[O-])cc4)[C@@]3(C)C[C@H](O)[C@@]12F. The van der Waals surface area contributed by atoms with Crippen molar-refractivity contribution in [3.8, 4) is 0 Å². The Bertz CT molecular complexity index is 1580. The second-order valence-corrected chi connectivity index (χ2v) is 13.9. The van der Waals surface area contributed by atoms with E-state index in [0.717, 1.165) is 5.56 Å². The summed E-state index contributed by atoms with van der Waals surface area (Å²) in [6.07, 6.45) is 1.77. The molecular weight excluding hydrogens is 647 g/mol. The highest BCUT2D eigenvalue weighted by molar-refractivity contribution is 6.01. The number of halogens is 1. The molecule has 0 aliphatic heterocycles. The Morgan fingerprint density at radius 1 is 1.12 bits per heavy atom. The minimum Gasteiger partial charge on any atom is -0.460 e. The van der Waals surface area contributed by atoms with Gasteiger partial charge in [0.1, 0.15) is 12.6 Å². The van der Waals surface area contributed by atoms with Gasteiger partial charge in [0.05, 0.1) is 24.4 Å². The maximum absolute atomic E-state index is 17.3. The number of nitrogens with two attached hydrogens (primary N) is 1. The molecule has 0 heterocycles. The second-order valence-electron chi connectivity index (χ2n) is 13.9. The van der Waals surface area contributed by atoms with Crippen LogP contribution in [-0.2, 0) is 35.1 Å².